The lowest BCUT2D eigenvalue weighted by molar-refractivity contribution is -0.141. The zero-order chi connectivity index (χ0) is 16.1. The van der Waals surface area contributed by atoms with Gasteiger partial charge in [0.2, 0.25) is 5.91 Å². The van der Waals surface area contributed by atoms with E-state index < -0.39 is 0 Å². The Balaban J connectivity index is 1.92. The van der Waals surface area contributed by atoms with Gasteiger partial charge in [0, 0.05) is 5.41 Å². The molecule has 2 saturated carbocycles. The molecule has 0 spiro atoms. The van der Waals surface area contributed by atoms with E-state index in [1.165, 1.54) is 25.7 Å². The molecule has 0 aliphatic heterocycles. The standard InChI is InChI=1S/C20H33NO/c1-13(2)14-6-8-16-15(12-14)7-9-17-19(16,3)10-5-11-20(17,4)18(21)22/h7,13-14,16-17H,5-6,8-12H2,1-4H3,(H2,21,22)/t14?,16-,17?,19-,20+/m1/s1. The second-order valence-electron chi connectivity index (χ2n) is 9.05. The van der Waals surface area contributed by atoms with Crippen molar-refractivity contribution >= 4 is 5.91 Å². The monoisotopic (exact) mass is 303 g/mol. The molecular formula is C20H33NO. The maximum Gasteiger partial charge on any atom is 0.223 e. The Morgan fingerprint density at radius 1 is 1.27 bits per heavy atom. The predicted octanol–water partition coefficient (Wildman–Crippen LogP) is 4.69. The first-order chi connectivity index (χ1) is 10.3. The number of carbonyl (C=O) groups is 1. The fourth-order valence-corrected chi connectivity index (χ4v) is 6.08. The summed E-state index contributed by atoms with van der Waals surface area (Å²) in [6, 6.07) is 0. The van der Waals surface area contributed by atoms with Crippen LogP contribution in [0.3, 0.4) is 0 Å². The number of hydrogen-bond donors (Lipinski definition) is 1. The lowest BCUT2D eigenvalue weighted by Crippen LogP contribution is -2.55. The Labute approximate surface area is 135 Å². The molecule has 2 fully saturated rings. The third-order valence-electron chi connectivity index (χ3n) is 7.67. The van der Waals surface area contributed by atoms with Crippen LogP contribution in [0.2, 0.25) is 0 Å². The van der Waals surface area contributed by atoms with Crippen LogP contribution in [-0.2, 0) is 4.79 Å². The van der Waals surface area contributed by atoms with Gasteiger partial charge in [-0.05, 0) is 67.6 Å². The van der Waals surface area contributed by atoms with E-state index in [0.717, 1.165) is 31.1 Å². The van der Waals surface area contributed by atoms with E-state index in [1.807, 2.05) is 0 Å². The minimum atomic E-state index is -0.302. The molecule has 0 bridgehead atoms. The number of nitrogens with two attached hydrogens (primary N) is 1. The third kappa shape index (κ3) is 2.25. The van der Waals surface area contributed by atoms with E-state index >= 15 is 0 Å². The molecule has 0 aromatic rings. The average Bonchev–Trinajstić information content (AvgIpc) is 2.46. The first-order valence-electron chi connectivity index (χ1n) is 9.28. The zero-order valence-corrected chi connectivity index (χ0v) is 14.8. The minimum Gasteiger partial charge on any atom is -0.369 e. The van der Waals surface area contributed by atoms with Gasteiger partial charge >= 0.3 is 0 Å². The predicted molar refractivity (Wildman–Crippen MR) is 91.1 cm³/mol. The summed E-state index contributed by atoms with van der Waals surface area (Å²) in [7, 11) is 0. The number of amides is 1. The Kier molecular flexibility index (Phi) is 3.94. The third-order valence-corrected chi connectivity index (χ3v) is 7.67. The van der Waals surface area contributed by atoms with E-state index in [0.29, 0.717) is 11.8 Å². The van der Waals surface area contributed by atoms with Gasteiger partial charge in [-0.1, -0.05) is 45.8 Å². The topological polar surface area (TPSA) is 43.1 Å². The Morgan fingerprint density at radius 3 is 2.64 bits per heavy atom. The lowest BCUT2D eigenvalue weighted by atomic mass is 9.46. The second kappa shape index (κ2) is 5.39. The van der Waals surface area contributed by atoms with Crippen molar-refractivity contribution < 1.29 is 4.79 Å². The summed E-state index contributed by atoms with van der Waals surface area (Å²) in [6.45, 7) is 9.33. The molecule has 22 heavy (non-hydrogen) atoms. The molecule has 0 heterocycles. The molecule has 0 aromatic heterocycles. The maximum absolute atomic E-state index is 12.2. The van der Waals surface area contributed by atoms with Crippen molar-refractivity contribution in [3.8, 4) is 0 Å². The second-order valence-corrected chi connectivity index (χ2v) is 9.05. The lowest BCUT2D eigenvalue weighted by Gasteiger charge is -2.58. The van der Waals surface area contributed by atoms with Crippen molar-refractivity contribution in [1.29, 1.82) is 0 Å². The summed E-state index contributed by atoms with van der Waals surface area (Å²) in [5, 5.41) is 0. The van der Waals surface area contributed by atoms with Crippen molar-refractivity contribution in [2.24, 2.45) is 40.2 Å². The molecule has 0 saturated heterocycles. The Hall–Kier alpha value is -0.790. The summed E-state index contributed by atoms with van der Waals surface area (Å²) in [5.41, 5.74) is 7.53. The number of primary amides is 1. The van der Waals surface area contributed by atoms with E-state index in [-0.39, 0.29) is 16.7 Å². The number of carbonyl (C=O) groups excluding carboxylic acids is 1. The van der Waals surface area contributed by atoms with Crippen LogP contribution in [-0.4, -0.2) is 5.91 Å². The first-order valence-corrected chi connectivity index (χ1v) is 9.28. The van der Waals surface area contributed by atoms with Crippen molar-refractivity contribution in [2.75, 3.05) is 0 Å². The van der Waals surface area contributed by atoms with Crippen molar-refractivity contribution in [2.45, 2.75) is 72.6 Å². The van der Waals surface area contributed by atoms with Gasteiger partial charge < -0.3 is 5.73 Å². The van der Waals surface area contributed by atoms with Crippen molar-refractivity contribution in [1.82, 2.24) is 0 Å². The van der Waals surface area contributed by atoms with Gasteiger partial charge in [-0.25, -0.2) is 0 Å². The van der Waals surface area contributed by atoms with Gasteiger partial charge in [-0.15, -0.1) is 0 Å². The molecule has 0 aromatic carbocycles. The van der Waals surface area contributed by atoms with Gasteiger partial charge in [0.15, 0.2) is 0 Å². The van der Waals surface area contributed by atoms with Gasteiger partial charge in [0.1, 0.15) is 0 Å². The highest BCUT2D eigenvalue weighted by atomic mass is 16.1. The van der Waals surface area contributed by atoms with Crippen LogP contribution < -0.4 is 5.73 Å². The molecule has 0 radical (unpaired) electrons. The fourth-order valence-electron chi connectivity index (χ4n) is 6.08. The summed E-state index contributed by atoms with van der Waals surface area (Å²) in [4.78, 5) is 12.2. The SMILES string of the molecule is CC(C)C1CC[C@@H]2C(=CCC3[C@]2(C)CCC[C@]3(C)C(N)=O)C1. The summed E-state index contributed by atoms with van der Waals surface area (Å²) < 4.78 is 0. The van der Waals surface area contributed by atoms with E-state index in [2.05, 4.69) is 33.8 Å². The molecule has 124 valence electrons. The van der Waals surface area contributed by atoms with Crippen LogP contribution in [0, 0.1) is 34.5 Å². The van der Waals surface area contributed by atoms with E-state index in [1.54, 1.807) is 5.57 Å². The smallest absolute Gasteiger partial charge is 0.223 e. The van der Waals surface area contributed by atoms with Crippen LogP contribution in [0.5, 0.6) is 0 Å². The molecule has 2 N–H and O–H groups in total. The Morgan fingerprint density at radius 2 is 2.00 bits per heavy atom. The van der Waals surface area contributed by atoms with Crippen LogP contribution >= 0.6 is 0 Å². The highest BCUT2D eigenvalue weighted by Crippen LogP contribution is 2.62. The maximum atomic E-state index is 12.2. The summed E-state index contributed by atoms with van der Waals surface area (Å²) in [5.74, 6) is 2.70. The molecular weight excluding hydrogens is 270 g/mol. The normalized spacial score (nSPS) is 45.0. The fraction of sp³-hybridized carbons (Fsp3) is 0.850. The first kappa shape index (κ1) is 16.1. The van der Waals surface area contributed by atoms with Gasteiger partial charge in [-0.2, -0.15) is 0 Å². The van der Waals surface area contributed by atoms with E-state index in [4.69, 9.17) is 5.73 Å². The van der Waals surface area contributed by atoms with Crippen LogP contribution in [0.15, 0.2) is 11.6 Å². The molecule has 2 unspecified atom stereocenters. The van der Waals surface area contributed by atoms with Crippen LogP contribution in [0.25, 0.3) is 0 Å². The number of hydrogen-bond acceptors (Lipinski definition) is 1. The molecule has 3 rings (SSSR count). The summed E-state index contributed by atoms with van der Waals surface area (Å²) in [6.07, 6.45) is 10.9. The average molecular weight is 303 g/mol. The van der Waals surface area contributed by atoms with Gasteiger partial charge in [0.05, 0.1) is 0 Å². The highest BCUT2D eigenvalue weighted by Gasteiger charge is 2.56. The summed E-state index contributed by atoms with van der Waals surface area (Å²) >= 11 is 0. The molecule has 2 heteroatoms. The molecule has 2 nitrogen and oxygen atoms in total. The Bertz CT molecular complexity index is 494. The molecule has 1 amide bonds. The number of allylic oxidation sites excluding steroid dienone is 2. The van der Waals surface area contributed by atoms with Crippen molar-refractivity contribution in [3.05, 3.63) is 11.6 Å². The van der Waals surface area contributed by atoms with Crippen molar-refractivity contribution in [3.63, 3.8) is 0 Å². The molecule has 3 aliphatic rings. The van der Waals surface area contributed by atoms with Gasteiger partial charge in [-0.3, -0.25) is 4.79 Å². The van der Waals surface area contributed by atoms with Crippen LogP contribution in [0.1, 0.15) is 72.6 Å². The van der Waals surface area contributed by atoms with Gasteiger partial charge in [0.25, 0.3) is 0 Å². The highest BCUT2D eigenvalue weighted by molar-refractivity contribution is 5.81. The number of fused-ring (bicyclic) bond motifs is 3. The van der Waals surface area contributed by atoms with E-state index in [9.17, 15) is 4.79 Å². The largest absolute Gasteiger partial charge is 0.369 e. The quantitative estimate of drug-likeness (QED) is 0.739. The number of rotatable bonds is 2. The zero-order valence-electron chi connectivity index (χ0n) is 14.8. The van der Waals surface area contributed by atoms with Crippen LogP contribution in [0.4, 0.5) is 0 Å². The molecule has 5 atom stereocenters. The molecule has 3 aliphatic carbocycles. The minimum absolute atomic E-state index is 0.0730.